The van der Waals surface area contributed by atoms with E-state index in [1.165, 1.54) is 0 Å². The Morgan fingerprint density at radius 1 is 1.58 bits per heavy atom. The molecule has 68 valence electrons. The zero-order valence-corrected chi connectivity index (χ0v) is 7.35. The van der Waals surface area contributed by atoms with Crippen LogP contribution in [0.4, 0.5) is 4.39 Å². The summed E-state index contributed by atoms with van der Waals surface area (Å²) < 4.78 is 13.8. The average Bonchev–Trinajstić information content (AvgIpc) is 2.87. The molecule has 1 unspecified atom stereocenters. The van der Waals surface area contributed by atoms with Crippen LogP contribution in [0.2, 0.25) is 0 Å². The Hall–Kier alpha value is -0.550. The van der Waals surface area contributed by atoms with Gasteiger partial charge in [0.25, 0.3) is 0 Å². The molecule has 0 aromatic carbocycles. The van der Waals surface area contributed by atoms with Gasteiger partial charge in [0.15, 0.2) is 0 Å². The lowest BCUT2D eigenvalue weighted by atomic mass is 9.93. The predicted molar refractivity (Wildman–Crippen MR) is 48.3 cm³/mol. The fourth-order valence-corrected chi connectivity index (χ4v) is 1.56. The highest BCUT2D eigenvalue weighted by atomic mass is 19.1. The number of halogens is 1. The van der Waals surface area contributed by atoms with E-state index in [-0.39, 0.29) is 12.5 Å². The van der Waals surface area contributed by atoms with Gasteiger partial charge in [-0.05, 0) is 31.6 Å². The molecule has 1 rings (SSSR count). The van der Waals surface area contributed by atoms with E-state index >= 15 is 0 Å². The first-order chi connectivity index (χ1) is 5.73. The lowest BCUT2D eigenvalue weighted by Crippen LogP contribution is -2.35. The SMILES string of the molecule is C#CCCCC(F)(CN)C1CC1. The zero-order chi connectivity index (χ0) is 9.03. The normalized spacial score (nSPS) is 21.4. The van der Waals surface area contributed by atoms with Crippen molar-refractivity contribution in [2.75, 3.05) is 6.54 Å². The summed E-state index contributed by atoms with van der Waals surface area (Å²) in [5, 5.41) is 0. The molecule has 0 saturated heterocycles. The topological polar surface area (TPSA) is 26.0 Å². The molecule has 1 saturated carbocycles. The van der Waals surface area contributed by atoms with Crippen molar-refractivity contribution in [3.63, 3.8) is 0 Å². The first-order valence-corrected chi connectivity index (χ1v) is 4.55. The van der Waals surface area contributed by atoms with Crippen molar-refractivity contribution in [1.82, 2.24) is 0 Å². The fourth-order valence-electron chi connectivity index (χ4n) is 1.56. The highest BCUT2D eigenvalue weighted by molar-refractivity contribution is 4.96. The summed E-state index contributed by atoms with van der Waals surface area (Å²) in [4.78, 5) is 0. The van der Waals surface area contributed by atoms with Gasteiger partial charge in [0.1, 0.15) is 5.67 Å². The molecule has 0 aromatic rings. The number of terminal acetylenes is 1. The van der Waals surface area contributed by atoms with Crippen LogP contribution in [0.25, 0.3) is 0 Å². The van der Waals surface area contributed by atoms with Gasteiger partial charge in [0.2, 0.25) is 0 Å². The minimum Gasteiger partial charge on any atom is -0.328 e. The minimum atomic E-state index is -1.11. The largest absolute Gasteiger partial charge is 0.328 e. The quantitative estimate of drug-likeness (QED) is 0.493. The lowest BCUT2D eigenvalue weighted by Gasteiger charge is -2.22. The number of rotatable bonds is 5. The van der Waals surface area contributed by atoms with Crippen molar-refractivity contribution in [2.45, 2.75) is 37.8 Å². The molecule has 1 atom stereocenters. The highest BCUT2D eigenvalue weighted by Gasteiger charge is 2.43. The Labute approximate surface area is 73.5 Å². The third-order valence-electron chi connectivity index (χ3n) is 2.56. The molecular weight excluding hydrogens is 153 g/mol. The number of hydrogen-bond acceptors (Lipinski definition) is 1. The van der Waals surface area contributed by atoms with E-state index in [0.717, 1.165) is 19.3 Å². The second-order valence-electron chi connectivity index (χ2n) is 3.57. The summed E-state index contributed by atoms with van der Waals surface area (Å²) in [6, 6.07) is 0. The smallest absolute Gasteiger partial charge is 0.126 e. The van der Waals surface area contributed by atoms with Crippen LogP contribution >= 0.6 is 0 Å². The van der Waals surface area contributed by atoms with Crippen LogP contribution in [0.15, 0.2) is 0 Å². The van der Waals surface area contributed by atoms with E-state index < -0.39 is 5.67 Å². The lowest BCUT2D eigenvalue weighted by molar-refractivity contribution is 0.127. The van der Waals surface area contributed by atoms with E-state index in [2.05, 4.69) is 5.92 Å². The van der Waals surface area contributed by atoms with Crippen LogP contribution in [0.5, 0.6) is 0 Å². The molecular formula is C10H16FN. The van der Waals surface area contributed by atoms with Crippen molar-refractivity contribution in [1.29, 1.82) is 0 Å². The van der Waals surface area contributed by atoms with Crippen LogP contribution in [-0.2, 0) is 0 Å². The van der Waals surface area contributed by atoms with Gasteiger partial charge in [0.05, 0.1) is 0 Å². The molecule has 0 heterocycles. The van der Waals surface area contributed by atoms with E-state index in [1.54, 1.807) is 0 Å². The molecule has 0 bridgehead atoms. The molecule has 0 aliphatic heterocycles. The van der Waals surface area contributed by atoms with Gasteiger partial charge >= 0.3 is 0 Å². The molecule has 1 nitrogen and oxygen atoms in total. The van der Waals surface area contributed by atoms with Gasteiger partial charge in [-0.2, -0.15) is 0 Å². The van der Waals surface area contributed by atoms with Gasteiger partial charge in [-0.3, -0.25) is 0 Å². The highest BCUT2D eigenvalue weighted by Crippen LogP contribution is 2.44. The molecule has 2 N–H and O–H groups in total. The molecule has 12 heavy (non-hydrogen) atoms. The van der Waals surface area contributed by atoms with Gasteiger partial charge in [-0.25, -0.2) is 4.39 Å². The van der Waals surface area contributed by atoms with Crippen molar-refractivity contribution >= 4 is 0 Å². The van der Waals surface area contributed by atoms with E-state index in [0.29, 0.717) is 12.8 Å². The number of alkyl halides is 1. The molecule has 2 heteroatoms. The van der Waals surface area contributed by atoms with Crippen LogP contribution in [0.3, 0.4) is 0 Å². The summed E-state index contributed by atoms with van der Waals surface area (Å²) in [6.07, 6.45) is 9.06. The fraction of sp³-hybridized carbons (Fsp3) is 0.800. The van der Waals surface area contributed by atoms with E-state index in [4.69, 9.17) is 12.2 Å². The maximum absolute atomic E-state index is 13.8. The summed E-state index contributed by atoms with van der Waals surface area (Å²) in [6.45, 7) is 0.155. The van der Waals surface area contributed by atoms with E-state index in [1.807, 2.05) is 0 Å². The van der Waals surface area contributed by atoms with Crippen molar-refractivity contribution in [2.24, 2.45) is 11.7 Å². The maximum Gasteiger partial charge on any atom is 0.126 e. The monoisotopic (exact) mass is 169 g/mol. The Bertz CT molecular complexity index is 181. The standard InChI is InChI=1S/C10H16FN/c1-2-3-4-7-10(11,8-12)9-5-6-9/h1,9H,3-8,12H2. The first kappa shape index (κ1) is 9.54. The number of nitrogens with two attached hydrogens (primary N) is 1. The first-order valence-electron chi connectivity index (χ1n) is 4.55. The molecule has 0 aromatic heterocycles. The van der Waals surface area contributed by atoms with Gasteiger partial charge < -0.3 is 5.73 Å². The summed E-state index contributed by atoms with van der Waals surface area (Å²) in [7, 11) is 0. The summed E-state index contributed by atoms with van der Waals surface area (Å²) in [5.74, 6) is 2.74. The summed E-state index contributed by atoms with van der Waals surface area (Å²) >= 11 is 0. The van der Waals surface area contributed by atoms with Crippen LogP contribution in [0.1, 0.15) is 32.1 Å². The Kier molecular flexibility index (Phi) is 3.11. The Morgan fingerprint density at radius 2 is 2.25 bits per heavy atom. The second kappa shape index (κ2) is 3.91. The van der Waals surface area contributed by atoms with Crippen molar-refractivity contribution in [3.8, 4) is 12.3 Å². The van der Waals surface area contributed by atoms with Crippen LogP contribution in [0, 0.1) is 18.3 Å². The minimum absolute atomic E-state index is 0.155. The molecule has 1 aliphatic rings. The molecule has 0 radical (unpaired) electrons. The third kappa shape index (κ3) is 2.22. The summed E-state index contributed by atoms with van der Waals surface area (Å²) in [5.41, 5.74) is 4.29. The molecule has 1 fully saturated rings. The molecule has 0 amide bonds. The maximum atomic E-state index is 13.8. The molecule has 1 aliphatic carbocycles. The number of unbranched alkanes of at least 4 members (excludes halogenated alkanes) is 1. The number of hydrogen-bond donors (Lipinski definition) is 1. The Morgan fingerprint density at radius 3 is 2.67 bits per heavy atom. The van der Waals surface area contributed by atoms with Crippen molar-refractivity contribution in [3.05, 3.63) is 0 Å². The van der Waals surface area contributed by atoms with Gasteiger partial charge in [0, 0.05) is 13.0 Å². The van der Waals surface area contributed by atoms with Crippen LogP contribution in [-0.4, -0.2) is 12.2 Å². The zero-order valence-electron chi connectivity index (χ0n) is 7.35. The second-order valence-corrected chi connectivity index (χ2v) is 3.57. The predicted octanol–water partition coefficient (Wildman–Crippen LogP) is 1.87. The van der Waals surface area contributed by atoms with E-state index in [9.17, 15) is 4.39 Å². The van der Waals surface area contributed by atoms with Crippen molar-refractivity contribution < 1.29 is 4.39 Å². The average molecular weight is 169 g/mol. The van der Waals surface area contributed by atoms with Gasteiger partial charge in [-0.1, -0.05) is 0 Å². The van der Waals surface area contributed by atoms with Crippen LogP contribution < -0.4 is 5.73 Å². The Balaban J connectivity index is 2.29. The third-order valence-corrected chi connectivity index (χ3v) is 2.56. The van der Waals surface area contributed by atoms with Gasteiger partial charge in [-0.15, -0.1) is 12.3 Å². The molecule has 0 spiro atoms.